The van der Waals surface area contributed by atoms with Crippen molar-refractivity contribution in [3.8, 4) is 0 Å². The molecule has 1 aromatic rings. The van der Waals surface area contributed by atoms with Gasteiger partial charge >= 0.3 is 0 Å². The Kier molecular flexibility index (Phi) is 1.57. The van der Waals surface area contributed by atoms with E-state index in [-0.39, 0.29) is 0 Å². The fourth-order valence-electron chi connectivity index (χ4n) is 0.628. The molecule has 50 valence electrons. The molecule has 0 aromatic carbocycles. The van der Waals surface area contributed by atoms with Gasteiger partial charge in [-0.05, 0) is 12.2 Å². The minimum atomic E-state index is 0.722. The van der Waals surface area contributed by atoms with Crippen LogP contribution in [0.5, 0.6) is 0 Å². The maximum absolute atomic E-state index is 4.93. The van der Waals surface area contributed by atoms with Crippen LogP contribution >= 0.6 is 12.2 Å². The number of H-pyrrole nitrogens is 1. The Hall–Kier alpha value is -0.770. The van der Waals surface area contributed by atoms with E-state index in [9.17, 15) is 0 Å². The number of rotatable bonds is 1. The molecule has 0 unspecified atom stereocenters. The predicted octanol–water partition coefficient (Wildman–Crippen LogP) is 0.743. The second kappa shape index (κ2) is 2.23. The van der Waals surface area contributed by atoms with Crippen LogP contribution in [0.1, 0.15) is 0 Å². The number of imidazole rings is 1. The van der Waals surface area contributed by atoms with Gasteiger partial charge in [-0.25, -0.2) is 4.68 Å². The first-order valence-electron chi connectivity index (χ1n) is 2.65. The number of hydrogen-bond acceptors (Lipinski definition) is 2. The number of nitrogens with one attached hydrogen (secondary N) is 1. The van der Waals surface area contributed by atoms with Crippen molar-refractivity contribution >= 4 is 12.2 Å². The first-order chi connectivity index (χ1) is 4.22. The van der Waals surface area contributed by atoms with E-state index in [2.05, 4.69) is 4.98 Å². The predicted molar refractivity (Wildman–Crippen MR) is 39.7 cm³/mol. The van der Waals surface area contributed by atoms with Crippen molar-refractivity contribution in [1.29, 1.82) is 0 Å². The minimum absolute atomic E-state index is 0.722. The molecule has 0 saturated heterocycles. The number of hydrogen-bond donors (Lipinski definition) is 1. The maximum atomic E-state index is 4.93. The van der Waals surface area contributed by atoms with E-state index < -0.39 is 0 Å². The molecule has 1 heterocycles. The summed E-state index contributed by atoms with van der Waals surface area (Å²) in [5.41, 5.74) is 0. The Labute approximate surface area is 58.9 Å². The summed E-state index contributed by atoms with van der Waals surface area (Å²) in [6, 6.07) is 0. The summed E-state index contributed by atoms with van der Waals surface area (Å²) in [4.78, 5) is 2.89. The minimum Gasteiger partial charge on any atom is -0.336 e. The van der Waals surface area contributed by atoms with Crippen LogP contribution in [0.3, 0.4) is 0 Å². The topological polar surface area (TPSA) is 24.0 Å². The summed E-state index contributed by atoms with van der Waals surface area (Å²) in [7, 11) is 3.87. The fraction of sp³-hybridized carbons (Fsp3) is 0.400. The normalized spacial score (nSPS) is 9.56. The van der Waals surface area contributed by atoms with E-state index in [0.29, 0.717) is 0 Å². The van der Waals surface area contributed by atoms with Crippen molar-refractivity contribution in [2.45, 2.75) is 0 Å². The molecule has 0 aliphatic carbocycles. The molecular weight excluding hydrogens is 134 g/mol. The molecule has 1 aromatic heterocycles. The summed E-state index contributed by atoms with van der Waals surface area (Å²) in [5.74, 6) is 0. The van der Waals surface area contributed by atoms with Gasteiger partial charge in [0.25, 0.3) is 0 Å². The van der Waals surface area contributed by atoms with Crippen LogP contribution in [-0.4, -0.2) is 23.8 Å². The van der Waals surface area contributed by atoms with Gasteiger partial charge in [-0.3, -0.25) is 0 Å². The largest absolute Gasteiger partial charge is 0.336 e. The smallest absolute Gasteiger partial charge is 0.196 e. The van der Waals surface area contributed by atoms with Gasteiger partial charge in [0.1, 0.15) is 0 Å². The molecule has 0 spiro atoms. The lowest BCUT2D eigenvalue weighted by atomic mass is 10.9. The zero-order chi connectivity index (χ0) is 6.85. The highest BCUT2D eigenvalue weighted by Gasteiger charge is 1.89. The fourth-order valence-corrected chi connectivity index (χ4v) is 0.920. The highest BCUT2D eigenvalue weighted by Crippen LogP contribution is 1.87. The molecule has 0 radical (unpaired) electrons. The monoisotopic (exact) mass is 143 g/mol. The lowest BCUT2D eigenvalue weighted by molar-refractivity contribution is 0.719. The second-order valence-electron chi connectivity index (χ2n) is 1.96. The van der Waals surface area contributed by atoms with Crippen molar-refractivity contribution in [1.82, 2.24) is 9.66 Å². The average molecular weight is 143 g/mol. The zero-order valence-corrected chi connectivity index (χ0v) is 6.27. The molecule has 9 heavy (non-hydrogen) atoms. The highest BCUT2D eigenvalue weighted by molar-refractivity contribution is 7.71. The summed E-state index contributed by atoms with van der Waals surface area (Å²) < 4.78 is 2.56. The molecule has 0 fully saturated rings. The standard InChI is InChI=1S/C5H9N3S/c1-7(2)8-4-3-6-5(8)9/h3-4H,1-2H3,(H,6,9). The third kappa shape index (κ3) is 1.13. The van der Waals surface area contributed by atoms with Gasteiger partial charge in [0, 0.05) is 26.5 Å². The Morgan fingerprint density at radius 2 is 2.33 bits per heavy atom. The van der Waals surface area contributed by atoms with Crippen LogP contribution in [0, 0.1) is 4.77 Å². The van der Waals surface area contributed by atoms with Gasteiger partial charge in [0.05, 0.1) is 0 Å². The van der Waals surface area contributed by atoms with E-state index >= 15 is 0 Å². The lowest BCUT2D eigenvalue weighted by Crippen LogP contribution is -2.23. The zero-order valence-electron chi connectivity index (χ0n) is 5.46. The maximum Gasteiger partial charge on any atom is 0.196 e. The Morgan fingerprint density at radius 1 is 1.67 bits per heavy atom. The Balaban J connectivity index is 3.08. The van der Waals surface area contributed by atoms with Gasteiger partial charge < -0.3 is 9.99 Å². The van der Waals surface area contributed by atoms with E-state index in [1.165, 1.54) is 0 Å². The summed E-state index contributed by atoms with van der Waals surface area (Å²) in [6.07, 6.45) is 3.69. The molecule has 3 nitrogen and oxygen atoms in total. The van der Waals surface area contributed by atoms with Crippen LogP contribution in [0.4, 0.5) is 0 Å². The molecule has 0 amide bonds. The van der Waals surface area contributed by atoms with Gasteiger partial charge in [-0.2, -0.15) is 0 Å². The highest BCUT2D eigenvalue weighted by atomic mass is 32.1. The van der Waals surface area contributed by atoms with E-state index in [0.717, 1.165) is 4.77 Å². The molecule has 0 aliphatic heterocycles. The molecule has 0 aliphatic rings. The summed E-state index contributed by atoms with van der Waals surface area (Å²) in [5, 5.41) is 1.90. The molecule has 4 heteroatoms. The summed E-state index contributed by atoms with van der Waals surface area (Å²) >= 11 is 4.93. The van der Waals surface area contributed by atoms with Crippen LogP contribution in [0.25, 0.3) is 0 Å². The first-order valence-corrected chi connectivity index (χ1v) is 3.06. The van der Waals surface area contributed by atoms with Crippen LogP contribution in [-0.2, 0) is 0 Å². The van der Waals surface area contributed by atoms with Gasteiger partial charge in [-0.1, -0.05) is 0 Å². The number of aromatic amines is 1. The third-order valence-corrected chi connectivity index (χ3v) is 1.37. The van der Waals surface area contributed by atoms with Crippen LogP contribution in [0.15, 0.2) is 12.4 Å². The van der Waals surface area contributed by atoms with Gasteiger partial charge in [0.15, 0.2) is 4.77 Å². The molecular formula is C5H9N3S. The van der Waals surface area contributed by atoms with E-state index in [1.807, 2.05) is 36.2 Å². The Morgan fingerprint density at radius 3 is 2.56 bits per heavy atom. The van der Waals surface area contributed by atoms with Gasteiger partial charge in [0.2, 0.25) is 0 Å². The lowest BCUT2D eigenvalue weighted by Gasteiger charge is -2.11. The van der Waals surface area contributed by atoms with Crippen molar-refractivity contribution in [3.05, 3.63) is 17.2 Å². The third-order valence-electron chi connectivity index (χ3n) is 1.06. The van der Waals surface area contributed by atoms with Crippen LogP contribution in [0.2, 0.25) is 0 Å². The molecule has 1 N–H and O–H groups in total. The molecule has 1 rings (SSSR count). The summed E-state index contributed by atoms with van der Waals surface area (Å²) in [6.45, 7) is 0. The Bertz CT molecular complexity index is 234. The first kappa shape index (κ1) is 6.35. The second-order valence-corrected chi connectivity index (χ2v) is 2.34. The number of aromatic nitrogens is 2. The average Bonchev–Trinajstić information content (AvgIpc) is 2.13. The van der Waals surface area contributed by atoms with E-state index in [1.54, 1.807) is 0 Å². The van der Waals surface area contributed by atoms with Crippen molar-refractivity contribution in [2.24, 2.45) is 0 Å². The molecule has 0 bridgehead atoms. The van der Waals surface area contributed by atoms with Crippen molar-refractivity contribution in [2.75, 3.05) is 19.1 Å². The van der Waals surface area contributed by atoms with Crippen molar-refractivity contribution < 1.29 is 0 Å². The molecule has 0 saturated carbocycles. The van der Waals surface area contributed by atoms with E-state index in [4.69, 9.17) is 12.2 Å². The molecule has 0 atom stereocenters. The van der Waals surface area contributed by atoms with Gasteiger partial charge in [-0.15, -0.1) is 0 Å². The van der Waals surface area contributed by atoms with Crippen LogP contribution < -0.4 is 5.01 Å². The number of nitrogens with zero attached hydrogens (tertiary/aromatic N) is 2. The van der Waals surface area contributed by atoms with Crippen molar-refractivity contribution in [3.63, 3.8) is 0 Å². The SMILES string of the molecule is CN(C)n1cc[nH]c1=S. The quantitative estimate of drug-likeness (QED) is 0.586.